The Labute approximate surface area is 238 Å². The van der Waals surface area contributed by atoms with E-state index >= 15 is 0 Å². The van der Waals surface area contributed by atoms with Crippen molar-refractivity contribution in [2.24, 2.45) is 16.6 Å². The van der Waals surface area contributed by atoms with Crippen LogP contribution in [0.4, 0.5) is 0 Å². The molecule has 9 heteroatoms. The lowest BCUT2D eigenvalue weighted by atomic mass is 9.78. The van der Waals surface area contributed by atoms with Gasteiger partial charge in [-0.05, 0) is 61.4 Å². The van der Waals surface area contributed by atoms with E-state index in [0.717, 1.165) is 53.4 Å². The van der Waals surface area contributed by atoms with E-state index in [0.29, 0.717) is 30.1 Å². The number of carbonyl (C=O) groups excluding carboxylic acids is 3. The van der Waals surface area contributed by atoms with E-state index < -0.39 is 11.9 Å². The van der Waals surface area contributed by atoms with Gasteiger partial charge < -0.3 is 10.6 Å². The fourth-order valence-corrected chi connectivity index (χ4v) is 5.61. The molecule has 1 saturated carbocycles. The maximum absolute atomic E-state index is 13.0. The number of nitrogens with two attached hydrogens (primary N) is 1. The Morgan fingerprint density at radius 3 is 2.78 bits per heavy atom. The number of carbonyl (C=O) groups is 3. The van der Waals surface area contributed by atoms with Crippen LogP contribution >= 0.6 is 0 Å². The van der Waals surface area contributed by atoms with Crippen LogP contribution < -0.4 is 11.1 Å². The second-order valence-corrected chi connectivity index (χ2v) is 10.7. The monoisotopic (exact) mass is 546 g/mol. The zero-order chi connectivity index (χ0) is 28.3. The van der Waals surface area contributed by atoms with Gasteiger partial charge in [0.2, 0.25) is 11.8 Å². The molecule has 1 atom stereocenters. The van der Waals surface area contributed by atoms with Crippen LogP contribution in [0.2, 0.25) is 0 Å². The molecular weight excluding hydrogens is 516 g/mol. The van der Waals surface area contributed by atoms with E-state index in [-0.39, 0.29) is 24.3 Å². The smallest absolute Gasteiger partial charge is 0.255 e. The summed E-state index contributed by atoms with van der Waals surface area (Å²) in [5, 5.41) is 2.33. The van der Waals surface area contributed by atoms with Crippen LogP contribution in [0.25, 0.3) is 16.6 Å². The first-order valence-electron chi connectivity index (χ1n) is 13.9. The molecule has 3 heterocycles. The predicted octanol–water partition coefficient (Wildman–Crippen LogP) is 3.37. The quantitative estimate of drug-likeness (QED) is 0.277. The number of aromatic nitrogens is 2. The molecule has 9 nitrogen and oxygen atoms in total. The fourth-order valence-electron chi connectivity index (χ4n) is 5.61. The van der Waals surface area contributed by atoms with Gasteiger partial charge in [0.1, 0.15) is 6.04 Å². The number of allylic oxidation sites excluding steroid dienone is 1. The van der Waals surface area contributed by atoms with Gasteiger partial charge >= 0.3 is 0 Å². The second-order valence-electron chi connectivity index (χ2n) is 10.7. The second kappa shape index (κ2) is 11.3. The molecule has 2 aromatic carbocycles. The minimum atomic E-state index is -0.608. The van der Waals surface area contributed by atoms with E-state index in [4.69, 9.17) is 10.7 Å². The average molecular weight is 547 g/mol. The molecule has 2 fully saturated rings. The summed E-state index contributed by atoms with van der Waals surface area (Å²) in [6.45, 7) is 0.373. The number of hydrogen-bond donors (Lipinski definition) is 2. The van der Waals surface area contributed by atoms with Crippen molar-refractivity contribution in [3.8, 4) is 11.8 Å². The highest BCUT2D eigenvalue weighted by Gasteiger charge is 2.39. The molecule has 0 bridgehead atoms. The van der Waals surface area contributed by atoms with Crippen LogP contribution in [-0.2, 0) is 16.1 Å². The highest BCUT2D eigenvalue weighted by Crippen LogP contribution is 2.34. The molecule has 206 valence electrons. The first-order chi connectivity index (χ1) is 20.0. The molecule has 6 rings (SSSR count). The summed E-state index contributed by atoms with van der Waals surface area (Å²) in [5.74, 6) is 6.15. The van der Waals surface area contributed by atoms with Gasteiger partial charge in [0.25, 0.3) is 5.91 Å². The Morgan fingerprint density at radius 1 is 1.15 bits per heavy atom. The number of hydrogen-bond acceptors (Lipinski definition) is 7. The Kier molecular flexibility index (Phi) is 7.30. The zero-order valence-electron chi connectivity index (χ0n) is 22.5. The Balaban J connectivity index is 0.980. The molecule has 2 aliphatic heterocycles. The number of amides is 3. The number of aliphatic imine (C=N–C) groups is 1. The maximum Gasteiger partial charge on any atom is 0.255 e. The fraction of sp³-hybridized carbons (Fsp3) is 0.312. The van der Waals surface area contributed by atoms with Gasteiger partial charge in [-0.15, -0.1) is 0 Å². The number of rotatable bonds is 6. The van der Waals surface area contributed by atoms with Gasteiger partial charge in [-0.1, -0.05) is 30.0 Å². The van der Waals surface area contributed by atoms with E-state index in [1.165, 1.54) is 6.20 Å². The highest BCUT2D eigenvalue weighted by molar-refractivity contribution is 6.09. The SMILES string of the molecule is NC=C(C=NC1CC(CCC#Cc2ccc3c(c2)C(=O)N(C2CCC(=O)NC2=O)C3)C1)c1cnc2ccccc2n1. The predicted molar refractivity (Wildman–Crippen MR) is 155 cm³/mol. The van der Waals surface area contributed by atoms with Crippen molar-refractivity contribution in [2.45, 2.75) is 57.2 Å². The molecule has 3 aromatic rings. The third-order valence-electron chi connectivity index (χ3n) is 8.00. The summed E-state index contributed by atoms with van der Waals surface area (Å²) >= 11 is 0. The summed E-state index contributed by atoms with van der Waals surface area (Å²) in [6.07, 6.45) is 9.45. The molecule has 0 spiro atoms. The largest absolute Gasteiger partial charge is 0.404 e. The number of para-hydroxylation sites is 2. The van der Waals surface area contributed by atoms with Crippen molar-refractivity contribution in [3.05, 3.63) is 77.2 Å². The molecule has 1 saturated heterocycles. The van der Waals surface area contributed by atoms with Crippen LogP contribution in [0.5, 0.6) is 0 Å². The average Bonchev–Trinajstić information content (AvgIpc) is 3.28. The number of fused-ring (bicyclic) bond motifs is 2. The van der Waals surface area contributed by atoms with Gasteiger partial charge in [-0.3, -0.25) is 29.7 Å². The number of nitrogens with zero attached hydrogens (tertiary/aromatic N) is 4. The summed E-state index contributed by atoms with van der Waals surface area (Å²) in [4.78, 5) is 52.1. The van der Waals surface area contributed by atoms with E-state index in [9.17, 15) is 14.4 Å². The standard InChI is InChI=1S/C32H30N6O3/c33-16-23(28-18-35-26-7-3-4-8-27(26)36-28)17-34-24-13-21(14-24)6-2-1-5-20-9-10-22-19-38(32(41)25(22)15-20)29-11-12-30(39)37-31(29)40/h3-4,7-10,15-18,21,24,29H,2,6,11-14,19,33H2,(H,37,39,40). The van der Waals surface area contributed by atoms with Gasteiger partial charge in [0.05, 0.1) is 29.0 Å². The van der Waals surface area contributed by atoms with Gasteiger partial charge in [0, 0.05) is 48.5 Å². The molecule has 1 unspecified atom stereocenters. The van der Waals surface area contributed by atoms with Crippen LogP contribution in [-0.4, -0.2) is 50.9 Å². The minimum Gasteiger partial charge on any atom is -0.404 e. The van der Waals surface area contributed by atoms with E-state index in [2.05, 4.69) is 27.1 Å². The zero-order valence-corrected chi connectivity index (χ0v) is 22.5. The molecule has 3 N–H and O–H groups in total. The molecule has 1 aliphatic carbocycles. The van der Waals surface area contributed by atoms with E-state index in [1.54, 1.807) is 17.3 Å². The Morgan fingerprint density at radius 2 is 1.98 bits per heavy atom. The van der Waals surface area contributed by atoms with E-state index in [1.807, 2.05) is 42.5 Å². The molecule has 41 heavy (non-hydrogen) atoms. The molecule has 0 radical (unpaired) electrons. The van der Waals surface area contributed by atoms with Crippen molar-refractivity contribution >= 4 is 40.5 Å². The third-order valence-corrected chi connectivity index (χ3v) is 8.00. The van der Waals surface area contributed by atoms with Crippen LogP contribution in [0, 0.1) is 17.8 Å². The molecule has 1 aromatic heterocycles. The van der Waals surface area contributed by atoms with Crippen molar-refractivity contribution in [2.75, 3.05) is 0 Å². The summed E-state index contributed by atoms with van der Waals surface area (Å²) in [6, 6.07) is 13.0. The molecule has 3 amide bonds. The van der Waals surface area contributed by atoms with Crippen molar-refractivity contribution < 1.29 is 14.4 Å². The minimum absolute atomic E-state index is 0.181. The number of nitrogens with one attached hydrogen (secondary N) is 1. The summed E-state index contributed by atoms with van der Waals surface area (Å²) < 4.78 is 0. The van der Waals surface area contributed by atoms with Gasteiger partial charge in [-0.2, -0.15) is 0 Å². The maximum atomic E-state index is 13.0. The molecule has 3 aliphatic rings. The lowest BCUT2D eigenvalue weighted by molar-refractivity contribution is -0.136. The van der Waals surface area contributed by atoms with Gasteiger partial charge in [-0.25, -0.2) is 4.98 Å². The van der Waals surface area contributed by atoms with Crippen molar-refractivity contribution in [3.63, 3.8) is 0 Å². The van der Waals surface area contributed by atoms with Crippen LogP contribution in [0.15, 0.2) is 59.9 Å². The molecular formula is C32H30N6O3. The van der Waals surface area contributed by atoms with Crippen molar-refractivity contribution in [1.82, 2.24) is 20.2 Å². The normalized spacial score (nSPS) is 22.3. The Hall–Kier alpha value is -4.84. The van der Waals surface area contributed by atoms with Crippen LogP contribution in [0.3, 0.4) is 0 Å². The summed E-state index contributed by atoms with van der Waals surface area (Å²) in [5.41, 5.74) is 11.2. The lowest BCUT2D eigenvalue weighted by Gasteiger charge is -2.32. The third kappa shape index (κ3) is 5.59. The van der Waals surface area contributed by atoms with Gasteiger partial charge in [0.15, 0.2) is 0 Å². The first-order valence-corrected chi connectivity index (χ1v) is 13.9. The Bertz CT molecular complexity index is 1660. The topological polar surface area (TPSA) is 131 Å². The number of benzene rings is 2. The van der Waals surface area contributed by atoms with Crippen LogP contribution in [0.1, 0.15) is 65.7 Å². The lowest BCUT2D eigenvalue weighted by Crippen LogP contribution is -2.52. The number of piperidine rings is 1. The highest BCUT2D eigenvalue weighted by atomic mass is 16.2. The first kappa shape index (κ1) is 26.4. The summed E-state index contributed by atoms with van der Waals surface area (Å²) in [7, 11) is 0. The van der Waals surface area contributed by atoms with Crippen molar-refractivity contribution in [1.29, 1.82) is 0 Å². The number of imide groups is 1.